The molecule has 1 unspecified atom stereocenters. The van der Waals surface area contributed by atoms with Crippen molar-refractivity contribution in [2.75, 3.05) is 14.1 Å². The first-order valence-corrected chi connectivity index (χ1v) is 6.86. The Morgan fingerprint density at radius 3 is 2.17 bits per heavy atom. The van der Waals surface area contributed by atoms with E-state index in [0.29, 0.717) is 12.8 Å². The Bertz CT molecular complexity index is 184. The minimum Gasteiger partial charge on any atom is -0.635 e. The van der Waals surface area contributed by atoms with Gasteiger partial charge in [-0.3, -0.25) is 10.5 Å². The average Bonchev–Trinajstić information content (AvgIpc) is 2.27. The quantitative estimate of drug-likeness (QED) is 0.298. The molecule has 0 amide bonds. The molecule has 0 aliphatic carbocycles. The summed E-state index contributed by atoms with van der Waals surface area (Å²) < 4.78 is 4.94. The monoisotopic (exact) mass is 262 g/mol. The van der Waals surface area contributed by atoms with E-state index >= 15 is 0 Å². The van der Waals surface area contributed by atoms with E-state index in [9.17, 15) is 10.0 Å². The van der Waals surface area contributed by atoms with Crippen molar-refractivity contribution in [3.63, 3.8) is 0 Å². The Hall–Kier alpha value is -0.650. The number of esters is 1. The fourth-order valence-corrected chi connectivity index (χ4v) is 1.18. The van der Waals surface area contributed by atoms with E-state index in [0.717, 1.165) is 12.8 Å². The molecular formula is C13H30N2O3. The van der Waals surface area contributed by atoms with E-state index in [2.05, 4.69) is 6.92 Å². The van der Waals surface area contributed by atoms with Gasteiger partial charge >= 0.3 is 5.97 Å². The zero-order valence-electron chi connectivity index (χ0n) is 12.3. The number of unbranched alkanes of at least 4 members (excludes halogenated alkanes) is 4. The largest absolute Gasteiger partial charge is 0.635 e. The van der Waals surface area contributed by atoms with Crippen molar-refractivity contribution >= 4 is 5.97 Å². The minimum absolute atomic E-state index is 0.157. The zero-order valence-corrected chi connectivity index (χ0v) is 12.3. The lowest BCUT2D eigenvalue weighted by Gasteiger charge is -2.10. The van der Waals surface area contributed by atoms with Crippen molar-refractivity contribution in [2.45, 2.75) is 65.0 Å². The van der Waals surface area contributed by atoms with E-state index in [1.165, 1.54) is 33.4 Å². The van der Waals surface area contributed by atoms with Gasteiger partial charge in [-0.05, 0) is 12.8 Å². The van der Waals surface area contributed by atoms with Gasteiger partial charge in [-0.2, -0.15) is 0 Å². The molecule has 0 aliphatic heterocycles. The lowest BCUT2D eigenvalue weighted by Crippen LogP contribution is -3.00. The van der Waals surface area contributed by atoms with Crippen LogP contribution < -0.4 is 10.8 Å². The molecule has 0 aliphatic rings. The number of ether oxygens (including phenoxy) is 1. The summed E-state index contributed by atoms with van der Waals surface area (Å²) in [6.45, 7) is 4.08. The molecule has 110 valence electrons. The molecule has 1 atom stereocenters. The first kappa shape index (κ1) is 19.7. The molecule has 0 radical (unpaired) electrons. The highest BCUT2D eigenvalue weighted by atomic mass is 16.6. The topological polar surface area (TPSA) is 79.8 Å². The molecule has 5 nitrogen and oxygen atoms in total. The number of quaternary nitrogens is 1. The summed E-state index contributed by atoms with van der Waals surface area (Å²) >= 11 is 0. The van der Waals surface area contributed by atoms with E-state index in [1.54, 1.807) is 0 Å². The van der Waals surface area contributed by atoms with Crippen LogP contribution in [0.2, 0.25) is 0 Å². The van der Waals surface area contributed by atoms with Crippen LogP contribution in [-0.4, -0.2) is 26.3 Å². The summed E-state index contributed by atoms with van der Waals surface area (Å²) in [5.74, 6) is -0.157. The number of hydrogen-bond donors (Lipinski definition) is 2. The first-order valence-electron chi connectivity index (χ1n) is 6.86. The van der Waals surface area contributed by atoms with Crippen LogP contribution in [0.15, 0.2) is 0 Å². The van der Waals surface area contributed by atoms with Crippen molar-refractivity contribution in [1.82, 2.24) is 0 Å². The molecule has 0 fully saturated rings. The average molecular weight is 262 g/mol. The summed E-state index contributed by atoms with van der Waals surface area (Å²) in [5.41, 5.74) is 5.48. The summed E-state index contributed by atoms with van der Waals surface area (Å²) in [7, 11) is 3.06. The predicted octanol–water partition coefficient (Wildman–Crippen LogP) is 1.21. The molecule has 0 spiro atoms. The van der Waals surface area contributed by atoms with Gasteiger partial charge in [0.05, 0.1) is 14.1 Å². The van der Waals surface area contributed by atoms with E-state index in [4.69, 9.17) is 10.5 Å². The van der Waals surface area contributed by atoms with Crippen molar-refractivity contribution in [1.29, 1.82) is 0 Å². The van der Waals surface area contributed by atoms with Crippen molar-refractivity contribution < 1.29 is 14.6 Å². The normalized spacial score (nSPS) is 11.7. The van der Waals surface area contributed by atoms with Gasteiger partial charge in [0.25, 0.3) is 0 Å². The third-order valence-corrected chi connectivity index (χ3v) is 2.17. The number of nitrogens with one attached hydrogen (secondary N) is 1. The number of rotatable bonds is 8. The highest BCUT2D eigenvalue weighted by Gasteiger charge is 2.06. The number of nitrogens with two attached hydrogens (primary N) is 1. The molecule has 0 heterocycles. The lowest BCUT2D eigenvalue weighted by molar-refractivity contribution is -0.802. The Morgan fingerprint density at radius 1 is 1.22 bits per heavy atom. The Kier molecular flexibility index (Phi) is 15.8. The Labute approximate surface area is 111 Å². The summed E-state index contributed by atoms with van der Waals surface area (Å²) in [4.78, 5) is 11.1. The molecule has 0 aromatic rings. The van der Waals surface area contributed by atoms with Gasteiger partial charge in [0.2, 0.25) is 0 Å². The molecule has 3 N–H and O–H groups in total. The minimum atomic E-state index is -0.418. The van der Waals surface area contributed by atoms with Gasteiger partial charge in [-0.15, -0.1) is 0 Å². The van der Waals surface area contributed by atoms with Crippen LogP contribution >= 0.6 is 0 Å². The highest BCUT2D eigenvalue weighted by molar-refractivity contribution is 5.69. The molecule has 0 saturated carbocycles. The van der Waals surface area contributed by atoms with E-state index in [-0.39, 0.29) is 11.0 Å². The zero-order chi connectivity index (χ0) is 14.4. The SMILES string of the molecule is CCCCCCCC(=O)OC(N)CC.C[NH+](C)[O-]. The van der Waals surface area contributed by atoms with Crippen LogP contribution in [0.25, 0.3) is 0 Å². The third kappa shape index (κ3) is 20.7. The molecule has 5 heteroatoms. The third-order valence-electron chi connectivity index (χ3n) is 2.17. The van der Waals surface area contributed by atoms with Crippen LogP contribution in [0.1, 0.15) is 58.8 Å². The Balaban J connectivity index is 0. The van der Waals surface area contributed by atoms with Gasteiger partial charge in [0.15, 0.2) is 6.23 Å². The molecule has 0 aromatic heterocycles. The lowest BCUT2D eigenvalue weighted by atomic mass is 10.1. The second-order valence-electron chi connectivity index (χ2n) is 4.51. The first-order chi connectivity index (χ1) is 8.43. The number of hydrogen-bond acceptors (Lipinski definition) is 4. The summed E-state index contributed by atoms with van der Waals surface area (Å²) in [5, 5.41) is 9.61. The maximum atomic E-state index is 11.1. The Morgan fingerprint density at radius 2 is 1.72 bits per heavy atom. The van der Waals surface area contributed by atoms with E-state index < -0.39 is 6.23 Å². The number of carbonyl (C=O) groups is 1. The maximum Gasteiger partial charge on any atom is 0.307 e. The van der Waals surface area contributed by atoms with Gasteiger partial charge in [-0.25, -0.2) is 0 Å². The van der Waals surface area contributed by atoms with Crippen molar-refractivity contribution in [2.24, 2.45) is 5.73 Å². The second-order valence-corrected chi connectivity index (χ2v) is 4.51. The fraction of sp³-hybridized carbons (Fsp3) is 0.923. The van der Waals surface area contributed by atoms with Crippen LogP contribution in [0.3, 0.4) is 0 Å². The van der Waals surface area contributed by atoms with Gasteiger partial charge in [0, 0.05) is 6.42 Å². The number of hydroxylamine groups is 2. The summed E-state index contributed by atoms with van der Waals surface area (Å²) in [6.07, 6.45) is 6.51. The smallest absolute Gasteiger partial charge is 0.307 e. The predicted molar refractivity (Wildman–Crippen MR) is 73.9 cm³/mol. The van der Waals surface area contributed by atoms with E-state index in [1.807, 2.05) is 6.92 Å². The van der Waals surface area contributed by atoms with Crippen LogP contribution in [0.5, 0.6) is 0 Å². The molecule has 0 bridgehead atoms. The van der Waals surface area contributed by atoms with Crippen LogP contribution in [0.4, 0.5) is 0 Å². The molecular weight excluding hydrogens is 232 g/mol. The fourth-order valence-electron chi connectivity index (χ4n) is 1.18. The van der Waals surface area contributed by atoms with Crippen LogP contribution in [0, 0.1) is 5.21 Å². The van der Waals surface area contributed by atoms with Gasteiger partial charge in [-0.1, -0.05) is 39.5 Å². The van der Waals surface area contributed by atoms with Crippen molar-refractivity contribution in [3.8, 4) is 0 Å². The second kappa shape index (κ2) is 14.4. The number of carbonyl (C=O) groups excluding carboxylic acids is 1. The summed E-state index contributed by atoms with van der Waals surface area (Å²) in [6, 6.07) is 0. The molecule has 18 heavy (non-hydrogen) atoms. The van der Waals surface area contributed by atoms with Crippen LogP contribution in [-0.2, 0) is 9.53 Å². The molecule has 0 saturated heterocycles. The van der Waals surface area contributed by atoms with Crippen molar-refractivity contribution in [3.05, 3.63) is 5.21 Å². The highest BCUT2D eigenvalue weighted by Crippen LogP contribution is 2.06. The maximum absolute atomic E-state index is 11.1. The standard InChI is InChI=1S/C11H23NO2.C2H7NO/c1-3-5-6-7-8-9-11(13)14-10(12)4-2;1-3(2)4/h10H,3-9,12H2,1-2H3;3H,1-2H3. The molecule has 0 aromatic carbocycles. The van der Waals surface area contributed by atoms with Gasteiger partial charge in [0.1, 0.15) is 0 Å². The van der Waals surface area contributed by atoms with Gasteiger partial charge < -0.3 is 15.0 Å². The molecule has 0 rings (SSSR count).